The van der Waals surface area contributed by atoms with Crippen LogP contribution in [-0.4, -0.2) is 6.61 Å². The van der Waals surface area contributed by atoms with Crippen LogP contribution in [0.1, 0.15) is 45.1 Å². The molecular formula is C19H26O. The first-order valence-electron chi connectivity index (χ1n) is 7.87. The Morgan fingerprint density at radius 3 is 2.60 bits per heavy atom. The molecule has 0 spiro atoms. The first-order chi connectivity index (χ1) is 9.76. The van der Waals surface area contributed by atoms with Crippen molar-refractivity contribution in [3.63, 3.8) is 0 Å². The largest absolute Gasteiger partial charge is 0.493 e. The van der Waals surface area contributed by atoms with E-state index >= 15 is 0 Å². The van der Waals surface area contributed by atoms with E-state index < -0.39 is 0 Å². The molecule has 1 atom stereocenters. The third-order valence-corrected chi connectivity index (χ3v) is 4.17. The number of fused-ring (bicyclic) bond motifs is 1. The quantitative estimate of drug-likeness (QED) is 0.623. The Hall–Kier alpha value is -1.50. The minimum Gasteiger partial charge on any atom is -0.493 e. The zero-order valence-corrected chi connectivity index (χ0v) is 13.0. The Balaban J connectivity index is 2.07. The van der Waals surface area contributed by atoms with Gasteiger partial charge in [-0.05, 0) is 41.7 Å². The van der Waals surface area contributed by atoms with E-state index in [0.717, 1.165) is 12.4 Å². The number of ether oxygens (including phenoxy) is 1. The van der Waals surface area contributed by atoms with Gasteiger partial charge in [-0.15, -0.1) is 0 Å². The SMILES string of the molecule is CCCCC(CC)COc1ccc2ccccc2c1C. The number of benzene rings is 2. The van der Waals surface area contributed by atoms with Crippen LogP contribution in [0.15, 0.2) is 36.4 Å². The van der Waals surface area contributed by atoms with Crippen molar-refractivity contribution in [2.45, 2.75) is 46.5 Å². The second-order valence-corrected chi connectivity index (χ2v) is 5.64. The Morgan fingerprint density at radius 1 is 1.05 bits per heavy atom. The summed E-state index contributed by atoms with van der Waals surface area (Å²) in [5.41, 5.74) is 1.26. The highest BCUT2D eigenvalue weighted by Crippen LogP contribution is 2.28. The van der Waals surface area contributed by atoms with Gasteiger partial charge in [0.25, 0.3) is 0 Å². The van der Waals surface area contributed by atoms with Crippen LogP contribution in [0.25, 0.3) is 10.8 Å². The second-order valence-electron chi connectivity index (χ2n) is 5.64. The summed E-state index contributed by atoms with van der Waals surface area (Å²) in [4.78, 5) is 0. The molecule has 0 fully saturated rings. The number of hydrogen-bond acceptors (Lipinski definition) is 1. The predicted molar refractivity (Wildman–Crippen MR) is 87.5 cm³/mol. The minimum absolute atomic E-state index is 0.681. The van der Waals surface area contributed by atoms with Crippen LogP contribution < -0.4 is 4.74 Å². The smallest absolute Gasteiger partial charge is 0.122 e. The highest BCUT2D eigenvalue weighted by Gasteiger charge is 2.09. The summed E-state index contributed by atoms with van der Waals surface area (Å²) in [5.74, 6) is 1.72. The van der Waals surface area contributed by atoms with Crippen molar-refractivity contribution in [1.82, 2.24) is 0 Å². The van der Waals surface area contributed by atoms with Crippen molar-refractivity contribution in [2.24, 2.45) is 5.92 Å². The minimum atomic E-state index is 0.681. The lowest BCUT2D eigenvalue weighted by atomic mass is 10.0. The van der Waals surface area contributed by atoms with Crippen molar-refractivity contribution in [3.05, 3.63) is 42.0 Å². The molecule has 0 saturated carbocycles. The van der Waals surface area contributed by atoms with Gasteiger partial charge in [-0.25, -0.2) is 0 Å². The summed E-state index contributed by atoms with van der Waals surface area (Å²) >= 11 is 0. The first kappa shape index (κ1) is 14.9. The zero-order valence-electron chi connectivity index (χ0n) is 13.0. The van der Waals surface area contributed by atoms with Gasteiger partial charge in [-0.2, -0.15) is 0 Å². The van der Waals surface area contributed by atoms with Gasteiger partial charge in [0.2, 0.25) is 0 Å². The fraction of sp³-hybridized carbons (Fsp3) is 0.474. The van der Waals surface area contributed by atoms with Crippen LogP contribution in [0.4, 0.5) is 0 Å². The van der Waals surface area contributed by atoms with Gasteiger partial charge in [0.05, 0.1) is 6.61 Å². The molecule has 2 aromatic rings. The van der Waals surface area contributed by atoms with E-state index in [-0.39, 0.29) is 0 Å². The van der Waals surface area contributed by atoms with Crippen LogP contribution in [0, 0.1) is 12.8 Å². The highest BCUT2D eigenvalue weighted by atomic mass is 16.5. The fourth-order valence-corrected chi connectivity index (χ4v) is 2.67. The van der Waals surface area contributed by atoms with Gasteiger partial charge in [0, 0.05) is 0 Å². The van der Waals surface area contributed by atoms with Gasteiger partial charge < -0.3 is 4.74 Å². The molecule has 2 aromatic carbocycles. The molecule has 0 amide bonds. The van der Waals surface area contributed by atoms with E-state index in [1.54, 1.807) is 0 Å². The second kappa shape index (κ2) is 7.33. The third-order valence-electron chi connectivity index (χ3n) is 4.17. The summed E-state index contributed by atoms with van der Waals surface area (Å²) in [6.45, 7) is 7.51. The van der Waals surface area contributed by atoms with E-state index in [9.17, 15) is 0 Å². The highest BCUT2D eigenvalue weighted by molar-refractivity contribution is 5.87. The molecule has 2 rings (SSSR count). The lowest BCUT2D eigenvalue weighted by molar-refractivity contribution is 0.232. The molecule has 1 unspecified atom stereocenters. The zero-order chi connectivity index (χ0) is 14.4. The molecule has 0 aliphatic carbocycles. The lowest BCUT2D eigenvalue weighted by Gasteiger charge is -2.17. The maximum atomic E-state index is 6.09. The Bertz CT molecular complexity index is 544. The van der Waals surface area contributed by atoms with E-state index in [4.69, 9.17) is 4.74 Å². The number of rotatable bonds is 7. The molecule has 0 N–H and O–H groups in total. The van der Waals surface area contributed by atoms with Crippen LogP contribution >= 0.6 is 0 Å². The average Bonchev–Trinajstić information content (AvgIpc) is 2.49. The molecule has 20 heavy (non-hydrogen) atoms. The molecule has 0 heterocycles. The lowest BCUT2D eigenvalue weighted by Crippen LogP contribution is -2.11. The standard InChI is InChI=1S/C19H26O/c1-4-6-9-16(5-2)14-20-19-13-12-17-10-7-8-11-18(17)15(19)3/h7-8,10-13,16H,4-6,9,14H2,1-3H3. The Labute approximate surface area is 123 Å². The van der Waals surface area contributed by atoms with Crippen molar-refractivity contribution in [1.29, 1.82) is 0 Å². The van der Waals surface area contributed by atoms with Crippen LogP contribution in [0.3, 0.4) is 0 Å². The maximum Gasteiger partial charge on any atom is 0.122 e. The van der Waals surface area contributed by atoms with Gasteiger partial charge in [0.15, 0.2) is 0 Å². The van der Waals surface area contributed by atoms with Crippen molar-refractivity contribution < 1.29 is 4.74 Å². The maximum absolute atomic E-state index is 6.09. The first-order valence-corrected chi connectivity index (χ1v) is 7.87. The van der Waals surface area contributed by atoms with Crippen LogP contribution in [0.5, 0.6) is 5.75 Å². The van der Waals surface area contributed by atoms with Gasteiger partial charge in [-0.3, -0.25) is 0 Å². The number of hydrogen-bond donors (Lipinski definition) is 0. The van der Waals surface area contributed by atoms with Gasteiger partial charge >= 0.3 is 0 Å². The van der Waals surface area contributed by atoms with E-state index in [0.29, 0.717) is 5.92 Å². The van der Waals surface area contributed by atoms with Crippen molar-refractivity contribution in [3.8, 4) is 5.75 Å². The van der Waals surface area contributed by atoms with E-state index in [1.807, 2.05) is 0 Å². The molecule has 0 aliphatic heterocycles. The van der Waals surface area contributed by atoms with Gasteiger partial charge in [-0.1, -0.05) is 63.4 Å². The normalized spacial score (nSPS) is 12.6. The van der Waals surface area contributed by atoms with Crippen molar-refractivity contribution >= 4 is 10.8 Å². The fourth-order valence-electron chi connectivity index (χ4n) is 2.67. The molecule has 0 bridgehead atoms. The average molecular weight is 270 g/mol. The summed E-state index contributed by atoms with van der Waals surface area (Å²) in [7, 11) is 0. The van der Waals surface area contributed by atoms with Gasteiger partial charge in [0.1, 0.15) is 5.75 Å². The molecule has 0 radical (unpaired) electrons. The number of aryl methyl sites for hydroxylation is 1. The molecule has 1 heteroatoms. The van der Waals surface area contributed by atoms with Crippen molar-refractivity contribution in [2.75, 3.05) is 6.61 Å². The molecular weight excluding hydrogens is 244 g/mol. The molecule has 0 aromatic heterocycles. The Kier molecular flexibility index (Phi) is 5.46. The molecule has 0 saturated heterocycles. The monoisotopic (exact) mass is 270 g/mol. The topological polar surface area (TPSA) is 9.23 Å². The Morgan fingerprint density at radius 2 is 1.85 bits per heavy atom. The summed E-state index contributed by atoms with van der Waals surface area (Å²) in [6.07, 6.45) is 5.05. The summed E-state index contributed by atoms with van der Waals surface area (Å²) in [5, 5.41) is 2.59. The summed E-state index contributed by atoms with van der Waals surface area (Å²) < 4.78 is 6.09. The van der Waals surface area contributed by atoms with Crippen LogP contribution in [0.2, 0.25) is 0 Å². The molecule has 1 nitrogen and oxygen atoms in total. The third kappa shape index (κ3) is 3.53. The van der Waals surface area contributed by atoms with E-state index in [1.165, 1.54) is 42.0 Å². The van der Waals surface area contributed by atoms with Crippen LogP contribution in [-0.2, 0) is 0 Å². The predicted octanol–water partition coefficient (Wildman–Crippen LogP) is 5.74. The summed E-state index contributed by atoms with van der Waals surface area (Å²) in [6, 6.07) is 12.8. The molecule has 0 aliphatic rings. The number of unbranched alkanes of at least 4 members (excludes halogenated alkanes) is 1. The van der Waals surface area contributed by atoms with E-state index in [2.05, 4.69) is 57.2 Å². The molecule has 108 valence electrons.